The Labute approximate surface area is 128 Å². The van der Waals surface area contributed by atoms with Crippen LogP contribution in [0.2, 0.25) is 0 Å². The summed E-state index contributed by atoms with van der Waals surface area (Å²) in [6.07, 6.45) is 4.29. The summed E-state index contributed by atoms with van der Waals surface area (Å²) in [6, 6.07) is 2.34. The minimum Gasteiger partial charge on any atom is -0.365 e. The molecule has 2 aromatic heterocycles. The van der Waals surface area contributed by atoms with E-state index in [-0.39, 0.29) is 11.9 Å². The Hall–Kier alpha value is -1.69. The first-order chi connectivity index (χ1) is 10.2. The van der Waals surface area contributed by atoms with Crippen molar-refractivity contribution in [3.05, 3.63) is 17.3 Å². The third-order valence-corrected chi connectivity index (χ3v) is 4.97. The van der Waals surface area contributed by atoms with Crippen LogP contribution in [0.5, 0.6) is 0 Å². The van der Waals surface area contributed by atoms with Crippen molar-refractivity contribution < 1.29 is 4.79 Å². The predicted molar refractivity (Wildman–Crippen MR) is 85.7 cm³/mol. The van der Waals surface area contributed by atoms with Crippen molar-refractivity contribution >= 4 is 33.3 Å². The molecular formula is C15H20N4OS. The molecule has 1 aliphatic rings. The molecule has 0 aromatic carbocycles. The minimum absolute atomic E-state index is 0.176. The highest BCUT2D eigenvalue weighted by atomic mass is 32.1. The molecule has 3 rings (SSSR count). The van der Waals surface area contributed by atoms with Gasteiger partial charge < -0.3 is 10.2 Å². The van der Waals surface area contributed by atoms with Gasteiger partial charge >= 0.3 is 0 Å². The number of thiophene rings is 1. The van der Waals surface area contributed by atoms with Gasteiger partial charge in [-0.2, -0.15) is 0 Å². The number of carbonyl (C=O) groups is 1. The third-order valence-electron chi connectivity index (χ3n) is 3.78. The van der Waals surface area contributed by atoms with E-state index in [1.54, 1.807) is 17.7 Å². The topological polar surface area (TPSA) is 58.1 Å². The number of aryl methyl sites for hydroxylation is 1. The quantitative estimate of drug-likeness (QED) is 0.922. The highest BCUT2D eigenvalue weighted by Gasteiger charge is 2.22. The van der Waals surface area contributed by atoms with Crippen molar-refractivity contribution in [1.82, 2.24) is 14.9 Å². The van der Waals surface area contributed by atoms with Crippen LogP contribution in [0.15, 0.2) is 12.4 Å². The van der Waals surface area contributed by atoms with E-state index >= 15 is 0 Å². The van der Waals surface area contributed by atoms with Crippen LogP contribution in [0.3, 0.4) is 0 Å². The number of hydrogen-bond acceptors (Lipinski definition) is 5. The van der Waals surface area contributed by atoms with Gasteiger partial charge in [-0.05, 0) is 25.8 Å². The van der Waals surface area contributed by atoms with Gasteiger partial charge in [0.15, 0.2) is 0 Å². The second-order valence-electron chi connectivity index (χ2n) is 5.50. The van der Waals surface area contributed by atoms with Gasteiger partial charge in [-0.15, -0.1) is 11.3 Å². The summed E-state index contributed by atoms with van der Waals surface area (Å²) < 4.78 is 0. The summed E-state index contributed by atoms with van der Waals surface area (Å²) in [6.45, 7) is 5.84. The molecule has 1 atom stereocenters. The molecule has 2 aromatic rings. The largest absolute Gasteiger partial charge is 0.365 e. The van der Waals surface area contributed by atoms with E-state index in [0.29, 0.717) is 6.42 Å². The number of hydrogen-bond donors (Lipinski definition) is 1. The van der Waals surface area contributed by atoms with Crippen molar-refractivity contribution in [3.8, 4) is 0 Å². The van der Waals surface area contributed by atoms with Crippen LogP contribution in [0.25, 0.3) is 10.2 Å². The molecule has 0 bridgehead atoms. The molecule has 1 N–H and O–H groups in total. The first kappa shape index (κ1) is 14.3. The summed E-state index contributed by atoms with van der Waals surface area (Å²) in [7, 11) is 0. The summed E-state index contributed by atoms with van der Waals surface area (Å²) in [5.74, 6) is 1.13. The first-order valence-electron chi connectivity index (χ1n) is 7.45. The molecule has 112 valence electrons. The van der Waals surface area contributed by atoms with Crippen LogP contribution in [-0.2, 0) is 11.2 Å². The van der Waals surface area contributed by atoms with Gasteiger partial charge in [-0.1, -0.05) is 6.92 Å². The highest BCUT2D eigenvalue weighted by molar-refractivity contribution is 7.18. The molecule has 3 heterocycles. The van der Waals surface area contributed by atoms with Crippen molar-refractivity contribution in [1.29, 1.82) is 0 Å². The average Bonchev–Trinajstić information content (AvgIpc) is 3.06. The van der Waals surface area contributed by atoms with E-state index in [1.165, 1.54) is 4.88 Å². The number of nitrogens with zero attached hydrogens (tertiary/aromatic N) is 3. The van der Waals surface area contributed by atoms with Gasteiger partial charge in [0.2, 0.25) is 5.91 Å². The van der Waals surface area contributed by atoms with E-state index < -0.39 is 0 Å². The first-order valence-corrected chi connectivity index (χ1v) is 8.26. The summed E-state index contributed by atoms with van der Waals surface area (Å²) in [5.41, 5.74) is 0. The molecule has 1 saturated heterocycles. The summed E-state index contributed by atoms with van der Waals surface area (Å²) in [4.78, 5) is 24.7. The van der Waals surface area contributed by atoms with Crippen LogP contribution >= 0.6 is 11.3 Å². The molecule has 1 fully saturated rings. The Morgan fingerprint density at radius 3 is 3.05 bits per heavy atom. The van der Waals surface area contributed by atoms with Crippen molar-refractivity contribution in [3.63, 3.8) is 0 Å². The van der Waals surface area contributed by atoms with Crippen LogP contribution in [0.4, 0.5) is 5.82 Å². The predicted octanol–water partition coefficient (Wildman–Crippen LogP) is 2.68. The molecule has 1 amide bonds. The minimum atomic E-state index is 0.176. The Morgan fingerprint density at radius 1 is 1.48 bits per heavy atom. The van der Waals surface area contributed by atoms with E-state index in [2.05, 4.69) is 35.2 Å². The van der Waals surface area contributed by atoms with Crippen molar-refractivity contribution in [2.75, 3.05) is 18.4 Å². The SMILES string of the molecule is CCc1cc2c(N[C@@H](C)CN3CCCC3=O)ncnc2s1. The zero-order valence-electron chi connectivity index (χ0n) is 12.4. The molecule has 0 spiro atoms. The second kappa shape index (κ2) is 5.97. The Balaban J connectivity index is 1.74. The zero-order chi connectivity index (χ0) is 14.8. The van der Waals surface area contributed by atoms with Crippen LogP contribution in [0, 0.1) is 0 Å². The Bertz CT molecular complexity index is 654. The Kier molecular flexibility index (Phi) is 4.05. The average molecular weight is 304 g/mol. The molecule has 21 heavy (non-hydrogen) atoms. The van der Waals surface area contributed by atoms with Gasteiger partial charge in [0.1, 0.15) is 17.0 Å². The van der Waals surface area contributed by atoms with E-state index in [0.717, 1.165) is 42.0 Å². The normalized spacial score (nSPS) is 16.7. The standard InChI is InChI=1S/C15H20N4OS/c1-3-11-7-12-14(16-9-17-15(12)21-11)18-10(2)8-19-6-4-5-13(19)20/h7,9-10H,3-6,8H2,1-2H3,(H,16,17,18)/t10-/m0/s1. The number of likely N-dealkylation sites (tertiary alicyclic amines) is 1. The lowest BCUT2D eigenvalue weighted by Gasteiger charge is -2.22. The van der Waals surface area contributed by atoms with Gasteiger partial charge in [0.05, 0.1) is 5.39 Å². The number of carbonyl (C=O) groups excluding carboxylic acids is 1. The zero-order valence-corrected chi connectivity index (χ0v) is 13.2. The van der Waals surface area contributed by atoms with E-state index in [4.69, 9.17) is 0 Å². The lowest BCUT2D eigenvalue weighted by molar-refractivity contribution is -0.127. The van der Waals surface area contributed by atoms with Crippen molar-refractivity contribution in [2.45, 2.75) is 39.2 Å². The van der Waals surface area contributed by atoms with Crippen LogP contribution < -0.4 is 5.32 Å². The number of fused-ring (bicyclic) bond motifs is 1. The summed E-state index contributed by atoms with van der Waals surface area (Å²) >= 11 is 1.72. The number of anilines is 1. The van der Waals surface area contributed by atoms with E-state index in [1.807, 2.05) is 4.90 Å². The fourth-order valence-corrected chi connectivity index (χ4v) is 3.64. The maximum Gasteiger partial charge on any atom is 0.222 e. The molecule has 1 aliphatic heterocycles. The van der Waals surface area contributed by atoms with Gasteiger partial charge in [-0.3, -0.25) is 4.79 Å². The molecule has 0 aliphatic carbocycles. The molecule has 0 unspecified atom stereocenters. The van der Waals surface area contributed by atoms with Crippen LogP contribution in [0.1, 0.15) is 31.6 Å². The highest BCUT2D eigenvalue weighted by Crippen LogP contribution is 2.28. The van der Waals surface area contributed by atoms with Crippen molar-refractivity contribution in [2.24, 2.45) is 0 Å². The number of amides is 1. The van der Waals surface area contributed by atoms with Gasteiger partial charge in [-0.25, -0.2) is 9.97 Å². The number of aromatic nitrogens is 2. The molecule has 6 heteroatoms. The Morgan fingerprint density at radius 2 is 2.33 bits per heavy atom. The monoisotopic (exact) mass is 304 g/mol. The van der Waals surface area contributed by atoms with Gasteiger partial charge in [0, 0.05) is 30.4 Å². The number of nitrogens with one attached hydrogen (secondary N) is 1. The molecule has 5 nitrogen and oxygen atoms in total. The van der Waals surface area contributed by atoms with Gasteiger partial charge in [0.25, 0.3) is 0 Å². The maximum atomic E-state index is 11.7. The third kappa shape index (κ3) is 3.00. The number of rotatable bonds is 5. The fourth-order valence-electron chi connectivity index (χ4n) is 2.70. The molecular weight excluding hydrogens is 284 g/mol. The fraction of sp³-hybridized carbons (Fsp3) is 0.533. The maximum absolute atomic E-state index is 11.7. The lowest BCUT2D eigenvalue weighted by Crippen LogP contribution is -2.35. The van der Waals surface area contributed by atoms with E-state index in [9.17, 15) is 4.79 Å². The smallest absolute Gasteiger partial charge is 0.222 e. The van der Waals surface area contributed by atoms with Crippen LogP contribution in [-0.4, -0.2) is 39.9 Å². The second-order valence-corrected chi connectivity index (χ2v) is 6.61. The summed E-state index contributed by atoms with van der Waals surface area (Å²) in [5, 5.41) is 4.51. The lowest BCUT2D eigenvalue weighted by atomic mass is 10.2. The molecule has 0 radical (unpaired) electrons. The molecule has 0 saturated carbocycles.